The summed E-state index contributed by atoms with van der Waals surface area (Å²) in [7, 11) is 3.18. The van der Waals surface area contributed by atoms with E-state index in [0.29, 0.717) is 23.3 Å². The van der Waals surface area contributed by atoms with Crippen molar-refractivity contribution >= 4 is 17.7 Å². The van der Waals surface area contributed by atoms with E-state index in [4.69, 9.17) is 9.47 Å². The van der Waals surface area contributed by atoms with Gasteiger partial charge in [-0.3, -0.25) is 4.79 Å². The lowest BCUT2D eigenvalue weighted by Crippen LogP contribution is -2.13. The van der Waals surface area contributed by atoms with Gasteiger partial charge in [-0.05, 0) is 35.1 Å². The van der Waals surface area contributed by atoms with Crippen LogP contribution in [0.1, 0.15) is 56.2 Å². The van der Waals surface area contributed by atoms with E-state index in [1.807, 2.05) is 18.2 Å². The van der Waals surface area contributed by atoms with Gasteiger partial charge in [0.1, 0.15) is 0 Å². The Morgan fingerprint density at radius 3 is 2.04 bits per heavy atom. The fourth-order valence-electron chi connectivity index (χ4n) is 3.07. The molecule has 144 valence electrons. The molecule has 0 aromatic heterocycles. The number of carbonyl (C=O) groups excluding carboxylic acids is 1. The second-order valence-electron chi connectivity index (χ2n) is 7.03. The number of amides is 1. The van der Waals surface area contributed by atoms with E-state index in [9.17, 15) is 4.79 Å². The average molecular weight is 367 g/mol. The van der Waals surface area contributed by atoms with Crippen LogP contribution in [0.5, 0.6) is 11.5 Å². The molecular formula is C23H29NO3. The zero-order valence-corrected chi connectivity index (χ0v) is 17.0. The van der Waals surface area contributed by atoms with Gasteiger partial charge in [-0.25, -0.2) is 0 Å². The first-order valence-electron chi connectivity index (χ1n) is 9.21. The number of rotatable bonds is 7. The minimum atomic E-state index is -0.171. The molecule has 0 atom stereocenters. The Balaban J connectivity index is 2.30. The predicted molar refractivity (Wildman–Crippen MR) is 112 cm³/mol. The van der Waals surface area contributed by atoms with Crippen LogP contribution in [0, 0.1) is 0 Å². The van der Waals surface area contributed by atoms with Crippen molar-refractivity contribution in [3.8, 4) is 11.5 Å². The third-order valence-electron chi connectivity index (χ3n) is 4.47. The minimum absolute atomic E-state index is 0.171. The Hall–Kier alpha value is -2.75. The molecule has 2 rings (SSSR count). The second-order valence-corrected chi connectivity index (χ2v) is 7.03. The van der Waals surface area contributed by atoms with Crippen molar-refractivity contribution in [3.05, 3.63) is 59.2 Å². The van der Waals surface area contributed by atoms with Gasteiger partial charge in [-0.1, -0.05) is 58.0 Å². The summed E-state index contributed by atoms with van der Waals surface area (Å²) in [5.41, 5.74) is 3.98. The topological polar surface area (TPSA) is 47.6 Å². The SMILES string of the molecule is COc1cccc(C=CC(=O)Nc2c(C(C)C)cccc2C(C)C)c1OC. The highest BCUT2D eigenvalue weighted by Gasteiger charge is 2.15. The summed E-state index contributed by atoms with van der Waals surface area (Å²) in [6.45, 7) is 8.52. The first-order chi connectivity index (χ1) is 12.9. The molecule has 0 bridgehead atoms. The number of benzene rings is 2. The van der Waals surface area contributed by atoms with E-state index in [1.165, 1.54) is 6.08 Å². The van der Waals surface area contributed by atoms with Crippen LogP contribution in [0.15, 0.2) is 42.5 Å². The maximum Gasteiger partial charge on any atom is 0.248 e. The van der Waals surface area contributed by atoms with Gasteiger partial charge in [0.05, 0.1) is 14.2 Å². The van der Waals surface area contributed by atoms with Crippen LogP contribution in [-0.2, 0) is 4.79 Å². The largest absolute Gasteiger partial charge is 0.493 e. The maximum absolute atomic E-state index is 12.6. The number of para-hydroxylation sites is 2. The Bertz CT molecular complexity index is 796. The van der Waals surface area contributed by atoms with Gasteiger partial charge in [-0.15, -0.1) is 0 Å². The van der Waals surface area contributed by atoms with Crippen molar-refractivity contribution in [2.75, 3.05) is 19.5 Å². The van der Waals surface area contributed by atoms with E-state index in [-0.39, 0.29) is 5.91 Å². The fraction of sp³-hybridized carbons (Fsp3) is 0.348. The van der Waals surface area contributed by atoms with Gasteiger partial charge >= 0.3 is 0 Å². The van der Waals surface area contributed by atoms with E-state index >= 15 is 0 Å². The molecule has 1 amide bonds. The molecule has 1 N–H and O–H groups in total. The molecule has 4 heteroatoms. The van der Waals surface area contributed by atoms with E-state index in [2.05, 4.69) is 51.2 Å². The standard InChI is InChI=1S/C23H29NO3/c1-15(2)18-10-8-11-19(16(3)4)22(18)24-21(25)14-13-17-9-7-12-20(26-5)23(17)27-6/h7-16H,1-6H3,(H,24,25). The number of carbonyl (C=O) groups is 1. The summed E-state index contributed by atoms with van der Waals surface area (Å²) in [5, 5.41) is 3.08. The van der Waals surface area contributed by atoms with Crippen molar-refractivity contribution in [1.82, 2.24) is 0 Å². The Morgan fingerprint density at radius 1 is 0.926 bits per heavy atom. The van der Waals surface area contributed by atoms with E-state index < -0.39 is 0 Å². The quantitative estimate of drug-likeness (QED) is 0.648. The number of hydrogen-bond acceptors (Lipinski definition) is 3. The van der Waals surface area contributed by atoms with Crippen LogP contribution in [0.4, 0.5) is 5.69 Å². The Kier molecular flexibility index (Phi) is 7.05. The molecule has 0 spiro atoms. The molecule has 0 aliphatic heterocycles. The van der Waals surface area contributed by atoms with Crippen LogP contribution < -0.4 is 14.8 Å². The second kappa shape index (κ2) is 9.26. The van der Waals surface area contributed by atoms with Gasteiger partial charge < -0.3 is 14.8 Å². The molecule has 0 aliphatic carbocycles. The van der Waals surface area contributed by atoms with Crippen LogP contribution in [0.2, 0.25) is 0 Å². The van der Waals surface area contributed by atoms with Crippen LogP contribution in [0.3, 0.4) is 0 Å². The smallest absolute Gasteiger partial charge is 0.248 e. The summed E-state index contributed by atoms with van der Waals surface area (Å²) in [6, 6.07) is 11.8. The number of nitrogens with one attached hydrogen (secondary N) is 1. The lowest BCUT2D eigenvalue weighted by atomic mass is 9.92. The van der Waals surface area contributed by atoms with Crippen molar-refractivity contribution < 1.29 is 14.3 Å². The Labute approximate surface area is 162 Å². The highest BCUT2D eigenvalue weighted by molar-refractivity contribution is 6.03. The molecule has 2 aromatic carbocycles. The van der Waals surface area contributed by atoms with E-state index in [1.54, 1.807) is 20.3 Å². The molecule has 0 saturated heterocycles. The van der Waals surface area contributed by atoms with Crippen molar-refractivity contribution in [2.24, 2.45) is 0 Å². The number of anilines is 1. The highest BCUT2D eigenvalue weighted by atomic mass is 16.5. The lowest BCUT2D eigenvalue weighted by molar-refractivity contribution is -0.111. The average Bonchev–Trinajstić information content (AvgIpc) is 2.65. The zero-order valence-electron chi connectivity index (χ0n) is 17.0. The van der Waals surface area contributed by atoms with Crippen molar-refractivity contribution in [2.45, 2.75) is 39.5 Å². The number of methoxy groups -OCH3 is 2. The maximum atomic E-state index is 12.6. The summed E-state index contributed by atoms with van der Waals surface area (Å²) >= 11 is 0. The number of ether oxygens (including phenoxy) is 2. The first kappa shape index (κ1) is 20.6. The summed E-state index contributed by atoms with van der Waals surface area (Å²) in [5.74, 6) is 1.71. The molecule has 2 aromatic rings. The molecule has 0 unspecified atom stereocenters. The van der Waals surface area contributed by atoms with E-state index in [0.717, 1.165) is 22.4 Å². The van der Waals surface area contributed by atoms with Crippen molar-refractivity contribution in [3.63, 3.8) is 0 Å². The van der Waals surface area contributed by atoms with Gasteiger partial charge in [-0.2, -0.15) is 0 Å². The van der Waals surface area contributed by atoms with Gasteiger partial charge in [0, 0.05) is 17.3 Å². The molecule has 0 fully saturated rings. The molecule has 0 radical (unpaired) electrons. The van der Waals surface area contributed by atoms with Crippen LogP contribution in [-0.4, -0.2) is 20.1 Å². The predicted octanol–water partition coefficient (Wildman–Crippen LogP) is 5.60. The zero-order chi connectivity index (χ0) is 20.0. The molecule has 4 nitrogen and oxygen atoms in total. The van der Waals surface area contributed by atoms with Crippen LogP contribution >= 0.6 is 0 Å². The summed E-state index contributed by atoms with van der Waals surface area (Å²) < 4.78 is 10.7. The van der Waals surface area contributed by atoms with Gasteiger partial charge in [0.2, 0.25) is 5.91 Å². The lowest BCUT2D eigenvalue weighted by Gasteiger charge is -2.19. The summed E-state index contributed by atoms with van der Waals surface area (Å²) in [4.78, 5) is 12.6. The molecular weight excluding hydrogens is 338 g/mol. The van der Waals surface area contributed by atoms with Gasteiger partial charge in [0.25, 0.3) is 0 Å². The fourth-order valence-corrected chi connectivity index (χ4v) is 3.07. The normalized spacial score (nSPS) is 11.3. The van der Waals surface area contributed by atoms with Crippen molar-refractivity contribution in [1.29, 1.82) is 0 Å². The minimum Gasteiger partial charge on any atom is -0.493 e. The molecule has 27 heavy (non-hydrogen) atoms. The molecule has 0 saturated carbocycles. The number of hydrogen-bond donors (Lipinski definition) is 1. The Morgan fingerprint density at radius 2 is 1.52 bits per heavy atom. The molecule has 0 aliphatic rings. The summed E-state index contributed by atoms with van der Waals surface area (Å²) in [6.07, 6.45) is 3.27. The third-order valence-corrected chi connectivity index (χ3v) is 4.47. The third kappa shape index (κ3) is 4.91. The molecule has 0 heterocycles. The monoisotopic (exact) mass is 367 g/mol. The highest BCUT2D eigenvalue weighted by Crippen LogP contribution is 2.33. The first-order valence-corrected chi connectivity index (χ1v) is 9.21. The van der Waals surface area contributed by atoms with Crippen LogP contribution in [0.25, 0.3) is 6.08 Å². The van der Waals surface area contributed by atoms with Gasteiger partial charge in [0.15, 0.2) is 11.5 Å².